The van der Waals surface area contributed by atoms with Crippen molar-refractivity contribution in [2.24, 2.45) is 0 Å². The molecule has 0 aromatic carbocycles. The second-order valence-electron chi connectivity index (χ2n) is 7.49. The highest BCUT2D eigenvalue weighted by Crippen LogP contribution is 2.38. The molecule has 3 aliphatic heterocycles. The summed E-state index contributed by atoms with van der Waals surface area (Å²) >= 11 is 0. The molecular weight excluding hydrogens is 234 g/mol. The molecule has 19 heavy (non-hydrogen) atoms. The Bertz CT molecular complexity index is 337. The third-order valence-corrected chi connectivity index (χ3v) is 6.38. The largest absolute Gasteiger partial charge is 0.308 e. The van der Waals surface area contributed by atoms with Crippen molar-refractivity contribution in [2.75, 3.05) is 26.2 Å². The van der Waals surface area contributed by atoms with Gasteiger partial charge in [0.1, 0.15) is 0 Å². The molecule has 3 heteroatoms. The van der Waals surface area contributed by atoms with Crippen LogP contribution < -0.4 is 5.32 Å². The predicted octanol–water partition coefficient (Wildman–Crippen LogP) is 1.83. The first-order valence-electron chi connectivity index (χ1n) is 8.52. The van der Waals surface area contributed by atoms with Crippen molar-refractivity contribution in [3.05, 3.63) is 0 Å². The minimum atomic E-state index is 0.485. The van der Waals surface area contributed by atoms with Gasteiger partial charge >= 0.3 is 0 Å². The van der Waals surface area contributed by atoms with Gasteiger partial charge in [0.15, 0.2) is 0 Å². The molecule has 3 atom stereocenters. The Morgan fingerprint density at radius 3 is 2.68 bits per heavy atom. The van der Waals surface area contributed by atoms with Crippen molar-refractivity contribution in [1.29, 1.82) is 0 Å². The first-order valence-corrected chi connectivity index (χ1v) is 8.52. The second kappa shape index (κ2) is 4.71. The van der Waals surface area contributed by atoms with Crippen LogP contribution in [0.1, 0.15) is 51.9 Å². The third kappa shape index (κ3) is 2.05. The third-order valence-electron chi connectivity index (χ3n) is 6.38. The van der Waals surface area contributed by atoms with E-state index >= 15 is 0 Å². The summed E-state index contributed by atoms with van der Waals surface area (Å²) in [6.45, 7) is 7.70. The van der Waals surface area contributed by atoms with E-state index in [9.17, 15) is 0 Å². The number of nitrogens with zero attached hydrogens (tertiary/aromatic N) is 2. The zero-order valence-electron chi connectivity index (χ0n) is 12.4. The highest BCUT2D eigenvalue weighted by Gasteiger charge is 2.47. The van der Waals surface area contributed by atoms with Crippen molar-refractivity contribution in [2.45, 2.75) is 75.5 Å². The van der Waals surface area contributed by atoms with E-state index in [0.717, 1.165) is 18.1 Å². The molecule has 1 aliphatic carbocycles. The van der Waals surface area contributed by atoms with E-state index in [2.05, 4.69) is 22.0 Å². The number of hydrogen-bond acceptors (Lipinski definition) is 3. The number of hydrogen-bond donors (Lipinski definition) is 1. The fourth-order valence-corrected chi connectivity index (χ4v) is 5.32. The molecule has 1 N–H and O–H groups in total. The molecule has 108 valence electrons. The van der Waals surface area contributed by atoms with Crippen molar-refractivity contribution < 1.29 is 0 Å². The van der Waals surface area contributed by atoms with Gasteiger partial charge in [0.25, 0.3) is 0 Å². The van der Waals surface area contributed by atoms with Crippen LogP contribution in [-0.2, 0) is 0 Å². The van der Waals surface area contributed by atoms with Crippen molar-refractivity contribution in [3.8, 4) is 0 Å². The zero-order valence-corrected chi connectivity index (χ0v) is 12.4. The van der Waals surface area contributed by atoms with E-state index in [1.807, 2.05) is 0 Å². The average Bonchev–Trinajstić information content (AvgIpc) is 3.10. The summed E-state index contributed by atoms with van der Waals surface area (Å²) in [5.41, 5.74) is 0.485. The van der Waals surface area contributed by atoms with Gasteiger partial charge in [-0.3, -0.25) is 9.80 Å². The van der Waals surface area contributed by atoms with E-state index in [-0.39, 0.29) is 0 Å². The molecule has 0 aromatic rings. The first kappa shape index (κ1) is 12.6. The molecular formula is C16H29N3. The van der Waals surface area contributed by atoms with Crippen LogP contribution >= 0.6 is 0 Å². The number of piperazine rings is 1. The van der Waals surface area contributed by atoms with Gasteiger partial charge in [-0.25, -0.2) is 0 Å². The van der Waals surface area contributed by atoms with Crippen LogP contribution in [0.3, 0.4) is 0 Å². The molecule has 3 unspecified atom stereocenters. The molecule has 4 aliphatic rings. The maximum Gasteiger partial charge on any atom is 0.0309 e. The van der Waals surface area contributed by atoms with Gasteiger partial charge in [-0.1, -0.05) is 12.8 Å². The minimum absolute atomic E-state index is 0.485. The molecule has 0 radical (unpaired) electrons. The first-order chi connectivity index (χ1) is 9.27. The van der Waals surface area contributed by atoms with E-state index < -0.39 is 0 Å². The van der Waals surface area contributed by atoms with Crippen LogP contribution in [0.4, 0.5) is 0 Å². The van der Waals surface area contributed by atoms with Gasteiger partial charge in [-0.2, -0.15) is 0 Å². The Kier molecular flexibility index (Phi) is 3.13. The summed E-state index contributed by atoms with van der Waals surface area (Å²) in [6.07, 6.45) is 10.0. The van der Waals surface area contributed by atoms with E-state index in [4.69, 9.17) is 0 Å². The smallest absolute Gasteiger partial charge is 0.0309 e. The molecule has 0 aromatic heterocycles. The summed E-state index contributed by atoms with van der Waals surface area (Å²) in [5, 5.41) is 3.90. The highest BCUT2D eigenvalue weighted by atomic mass is 15.3. The van der Waals surface area contributed by atoms with Crippen LogP contribution in [0.5, 0.6) is 0 Å². The van der Waals surface area contributed by atoms with Crippen LogP contribution in [0.25, 0.3) is 0 Å². The fraction of sp³-hybridized carbons (Fsp3) is 1.00. The minimum Gasteiger partial charge on any atom is -0.308 e. The van der Waals surface area contributed by atoms with E-state index in [1.165, 1.54) is 71.1 Å². The second-order valence-corrected chi connectivity index (χ2v) is 7.49. The lowest BCUT2D eigenvalue weighted by Crippen LogP contribution is -2.65. The molecule has 3 heterocycles. The van der Waals surface area contributed by atoms with Gasteiger partial charge in [-0.05, 0) is 45.6 Å². The van der Waals surface area contributed by atoms with Crippen LogP contribution in [0, 0.1) is 0 Å². The number of nitrogens with one attached hydrogen (secondary N) is 1. The monoisotopic (exact) mass is 263 g/mol. The Morgan fingerprint density at radius 2 is 1.84 bits per heavy atom. The molecule has 0 bridgehead atoms. The van der Waals surface area contributed by atoms with Gasteiger partial charge in [0.05, 0.1) is 0 Å². The molecule has 1 spiro atoms. The van der Waals surface area contributed by atoms with Crippen molar-refractivity contribution in [3.63, 3.8) is 0 Å². The van der Waals surface area contributed by atoms with Gasteiger partial charge < -0.3 is 5.32 Å². The maximum atomic E-state index is 3.90. The number of rotatable bonds is 1. The molecule has 1 saturated carbocycles. The molecule has 4 rings (SSSR count). The molecule has 3 nitrogen and oxygen atoms in total. The summed E-state index contributed by atoms with van der Waals surface area (Å²) in [6, 6.07) is 2.48. The summed E-state index contributed by atoms with van der Waals surface area (Å²) < 4.78 is 0. The van der Waals surface area contributed by atoms with Crippen LogP contribution in [0.2, 0.25) is 0 Å². The fourth-order valence-electron chi connectivity index (χ4n) is 5.32. The lowest BCUT2D eigenvalue weighted by atomic mass is 9.90. The van der Waals surface area contributed by atoms with Gasteiger partial charge in [0.2, 0.25) is 0 Å². The quantitative estimate of drug-likeness (QED) is 0.779. The zero-order chi connectivity index (χ0) is 12.9. The Balaban J connectivity index is 1.52. The number of fused-ring (bicyclic) bond motifs is 1. The average molecular weight is 263 g/mol. The Labute approximate surface area is 117 Å². The maximum absolute atomic E-state index is 3.90. The summed E-state index contributed by atoms with van der Waals surface area (Å²) in [4.78, 5) is 5.67. The van der Waals surface area contributed by atoms with Gasteiger partial charge in [-0.15, -0.1) is 0 Å². The summed E-state index contributed by atoms with van der Waals surface area (Å²) in [7, 11) is 0. The normalized spacial score (nSPS) is 43.1. The summed E-state index contributed by atoms with van der Waals surface area (Å²) in [5.74, 6) is 0. The molecule has 4 fully saturated rings. The molecule has 0 amide bonds. The SMILES string of the molecule is CC1CNC2(CCCC2)CN1C1CCN2CCCC12. The van der Waals surface area contributed by atoms with Crippen LogP contribution in [0.15, 0.2) is 0 Å². The highest BCUT2D eigenvalue weighted by molar-refractivity contribution is 5.05. The molecule has 3 saturated heterocycles. The van der Waals surface area contributed by atoms with Crippen molar-refractivity contribution >= 4 is 0 Å². The van der Waals surface area contributed by atoms with Crippen molar-refractivity contribution in [1.82, 2.24) is 15.1 Å². The Hall–Kier alpha value is -0.120. The lowest BCUT2D eigenvalue weighted by Gasteiger charge is -2.49. The van der Waals surface area contributed by atoms with E-state index in [0.29, 0.717) is 5.54 Å². The topological polar surface area (TPSA) is 18.5 Å². The van der Waals surface area contributed by atoms with Crippen LogP contribution in [-0.4, -0.2) is 59.6 Å². The lowest BCUT2D eigenvalue weighted by molar-refractivity contribution is 0.0395. The van der Waals surface area contributed by atoms with Gasteiger partial charge in [0, 0.05) is 43.3 Å². The Morgan fingerprint density at radius 1 is 1.00 bits per heavy atom. The van der Waals surface area contributed by atoms with E-state index in [1.54, 1.807) is 0 Å². The predicted molar refractivity (Wildman–Crippen MR) is 78.4 cm³/mol. The standard InChI is InChI=1S/C16H29N3/c1-13-11-17-16(7-2-3-8-16)12-19(13)15-6-10-18-9-4-5-14(15)18/h13-15,17H,2-12H2,1H3.